The van der Waals surface area contributed by atoms with Gasteiger partial charge in [0.1, 0.15) is 0 Å². The smallest absolute Gasteiger partial charge is 0.336 e. The summed E-state index contributed by atoms with van der Waals surface area (Å²) in [7, 11) is 0. The number of pyridine rings is 1. The molecule has 0 spiro atoms. The van der Waals surface area contributed by atoms with Gasteiger partial charge in [-0.15, -0.1) is 0 Å². The highest BCUT2D eigenvalue weighted by Crippen LogP contribution is 2.30. The predicted molar refractivity (Wildman–Crippen MR) is 66.4 cm³/mol. The Bertz CT molecular complexity index is 581. The highest BCUT2D eigenvalue weighted by molar-refractivity contribution is 6.33. The Morgan fingerprint density at radius 3 is 2.71 bits per heavy atom. The van der Waals surface area contributed by atoms with Gasteiger partial charge >= 0.3 is 5.97 Å². The molecule has 1 aromatic carbocycles. The molecule has 1 aromatic heterocycles. The number of benzene rings is 1. The molecule has 17 heavy (non-hydrogen) atoms. The molecule has 3 nitrogen and oxygen atoms in total. The van der Waals surface area contributed by atoms with Gasteiger partial charge in [0, 0.05) is 28.5 Å². The summed E-state index contributed by atoms with van der Waals surface area (Å²) < 4.78 is 0. The molecule has 1 N–H and O–H groups in total. The van der Waals surface area contributed by atoms with E-state index in [1.165, 1.54) is 18.5 Å². The fraction of sp³-hybridized carbons (Fsp3) is 0.0769. The van der Waals surface area contributed by atoms with E-state index in [0.29, 0.717) is 16.1 Å². The lowest BCUT2D eigenvalue weighted by molar-refractivity contribution is 0.0697. The molecule has 2 aromatic rings. The predicted octanol–water partition coefficient (Wildman–Crippen LogP) is 3.41. The van der Waals surface area contributed by atoms with Crippen LogP contribution in [0.1, 0.15) is 15.9 Å². The zero-order chi connectivity index (χ0) is 12.4. The molecule has 1 heterocycles. The average Bonchev–Trinajstić information content (AvgIpc) is 2.29. The van der Waals surface area contributed by atoms with Gasteiger partial charge in [-0.1, -0.05) is 23.7 Å². The molecule has 0 radical (unpaired) electrons. The van der Waals surface area contributed by atoms with Crippen molar-refractivity contribution in [2.75, 3.05) is 0 Å². The van der Waals surface area contributed by atoms with Gasteiger partial charge in [0.25, 0.3) is 0 Å². The summed E-state index contributed by atoms with van der Waals surface area (Å²) in [6, 6.07) is 6.96. The standard InChI is InChI=1S/C13H10ClNO2/c1-8-2-3-9(12(14)6-8)11-7-15-5-4-10(11)13(16)17/h2-7H,1H3,(H,16,17). The lowest BCUT2D eigenvalue weighted by Gasteiger charge is -2.08. The molecular formula is C13H10ClNO2. The minimum Gasteiger partial charge on any atom is -0.478 e. The van der Waals surface area contributed by atoms with E-state index >= 15 is 0 Å². The Labute approximate surface area is 104 Å². The van der Waals surface area contributed by atoms with Crippen LogP contribution in [0.2, 0.25) is 5.02 Å². The summed E-state index contributed by atoms with van der Waals surface area (Å²) in [4.78, 5) is 15.0. The third kappa shape index (κ3) is 2.29. The number of halogens is 1. The molecule has 0 saturated heterocycles. The van der Waals surface area contributed by atoms with E-state index in [1.807, 2.05) is 13.0 Å². The first kappa shape index (κ1) is 11.6. The van der Waals surface area contributed by atoms with Gasteiger partial charge in [-0.05, 0) is 24.6 Å². The van der Waals surface area contributed by atoms with Crippen molar-refractivity contribution in [3.05, 3.63) is 52.8 Å². The molecule has 0 atom stereocenters. The first-order chi connectivity index (χ1) is 8.09. The minimum atomic E-state index is -0.987. The highest BCUT2D eigenvalue weighted by atomic mass is 35.5. The summed E-state index contributed by atoms with van der Waals surface area (Å²) in [5, 5.41) is 9.63. The van der Waals surface area contributed by atoms with E-state index in [-0.39, 0.29) is 5.56 Å². The maximum absolute atomic E-state index is 11.1. The number of aromatic carboxylic acids is 1. The van der Waals surface area contributed by atoms with Gasteiger partial charge < -0.3 is 5.11 Å². The molecule has 0 bridgehead atoms. The lowest BCUT2D eigenvalue weighted by Crippen LogP contribution is -2.00. The minimum absolute atomic E-state index is 0.200. The maximum Gasteiger partial charge on any atom is 0.336 e. The second-order valence-corrected chi connectivity index (χ2v) is 4.12. The van der Waals surface area contributed by atoms with Crippen molar-refractivity contribution in [1.29, 1.82) is 0 Å². The fourth-order valence-corrected chi connectivity index (χ4v) is 1.97. The topological polar surface area (TPSA) is 50.2 Å². The van der Waals surface area contributed by atoms with Crippen LogP contribution in [-0.4, -0.2) is 16.1 Å². The molecule has 0 aliphatic carbocycles. The fourth-order valence-electron chi connectivity index (χ4n) is 1.63. The molecular weight excluding hydrogens is 238 g/mol. The Morgan fingerprint density at radius 2 is 2.06 bits per heavy atom. The molecule has 0 fully saturated rings. The Hall–Kier alpha value is -1.87. The van der Waals surface area contributed by atoms with Gasteiger partial charge in [-0.25, -0.2) is 4.79 Å². The van der Waals surface area contributed by atoms with Crippen molar-refractivity contribution in [1.82, 2.24) is 4.98 Å². The number of hydrogen-bond acceptors (Lipinski definition) is 2. The first-order valence-corrected chi connectivity index (χ1v) is 5.41. The second kappa shape index (κ2) is 4.55. The van der Waals surface area contributed by atoms with Gasteiger partial charge in [-0.3, -0.25) is 4.98 Å². The summed E-state index contributed by atoms with van der Waals surface area (Å²) in [5.74, 6) is -0.987. The number of aromatic nitrogens is 1. The summed E-state index contributed by atoms with van der Waals surface area (Å²) >= 11 is 6.12. The third-order valence-electron chi connectivity index (χ3n) is 2.47. The molecule has 0 amide bonds. The van der Waals surface area contributed by atoms with Crippen molar-refractivity contribution in [3.63, 3.8) is 0 Å². The van der Waals surface area contributed by atoms with E-state index in [4.69, 9.17) is 16.7 Å². The maximum atomic E-state index is 11.1. The number of carbonyl (C=O) groups is 1. The normalized spacial score (nSPS) is 10.2. The average molecular weight is 248 g/mol. The Kier molecular flexibility index (Phi) is 3.11. The van der Waals surface area contributed by atoms with Crippen molar-refractivity contribution in [2.24, 2.45) is 0 Å². The van der Waals surface area contributed by atoms with E-state index in [0.717, 1.165) is 5.56 Å². The lowest BCUT2D eigenvalue weighted by atomic mass is 10.0. The summed E-state index contributed by atoms with van der Waals surface area (Å²) in [5.41, 5.74) is 2.44. The number of hydrogen-bond donors (Lipinski definition) is 1. The Morgan fingerprint density at radius 1 is 1.29 bits per heavy atom. The SMILES string of the molecule is Cc1ccc(-c2cnccc2C(=O)O)c(Cl)c1. The number of rotatable bonds is 2. The molecule has 0 unspecified atom stereocenters. The number of carboxylic acids is 1. The monoisotopic (exact) mass is 247 g/mol. The van der Waals surface area contributed by atoms with Crippen LogP contribution in [0.4, 0.5) is 0 Å². The summed E-state index contributed by atoms with van der Waals surface area (Å²) in [6.45, 7) is 1.93. The molecule has 86 valence electrons. The van der Waals surface area contributed by atoms with Crippen LogP contribution in [0.25, 0.3) is 11.1 Å². The first-order valence-electron chi connectivity index (χ1n) is 5.03. The van der Waals surface area contributed by atoms with Gasteiger partial charge in [0.2, 0.25) is 0 Å². The van der Waals surface area contributed by atoms with Crippen molar-refractivity contribution in [3.8, 4) is 11.1 Å². The van der Waals surface area contributed by atoms with Crippen LogP contribution in [0, 0.1) is 6.92 Å². The van der Waals surface area contributed by atoms with E-state index < -0.39 is 5.97 Å². The largest absolute Gasteiger partial charge is 0.478 e. The van der Waals surface area contributed by atoms with Gasteiger partial charge in [0.05, 0.1) is 5.56 Å². The van der Waals surface area contributed by atoms with Crippen molar-refractivity contribution in [2.45, 2.75) is 6.92 Å². The molecule has 4 heteroatoms. The van der Waals surface area contributed by atoms with E-state index in [1.54, 1.807) is 12.1 Å². The van der Waals surface area contributed by atoms with Crippen LogP contribution in [-0.2, 0) is 0 Å². The van der Waals surface area contributed by atoms with Crippen molar-refractivity contribution >= 4 is 17.6 Å². The van der Waals surface area contributed by atoms with Crippen LogP contribution in [0.5, 0.6) is 0 Å². The van der Waals surface area contributed by atoms with Gasteiger partial charge in [-0.2, -0.15) is 0 Å². The van der Waals surface area contributed by atoms with Crippen LogP contribution < -0.4 is 0 Å². The zero-order valence-electron chi connectivity index (χ0n) is 9.14. The highest BCUT2D eigenvalue weighted by Gasteiger charge is 2.13. The van der Waals surface area contributed by atoms with Crippen LogP contribution >= 0.6 is 11.6 Å². The zero-order valence-corrected chi connectivity index (χ0v) is 9.90. The number of nitrogens with zero attached hydrogens (tertiary/aromatic N) is 1. The van der Waals surface area contributed by atoms with Crippen LogP contribution in [0.15, 0.2) is 36.7 Å². The summed E-state index contributed by atoms with van der Waals surface area (Å²) in [6.07, 6.45) is 2.97. The molecule has 2 rings (SSSR count). The molecule has 0 aliphatic heterocycles. The quantitative estimate of drug-likeness (QED) is 0.885. The molecule has 0 saturated carbocycles. The molecule has 0 aliphatic rings. The van der Waals surface area contributed by atoms with Crippen LogP contribution in [0.3, 0.4) is 0 Å². The number of aryl methyl sites for hydroxylation is 1. The van der Waals surface area contributed by atoms with Gasteiger partial charge in [0.15, 0.2) is 0 Å². The third-order valence-corrected chi connectivity index (χ3v) is 2.78. The van der Waals surface area contributed by atoms with Crippen molar-refractivity contribution < 1.29 is 9.90 Å². The second-order valence-electron chi connectivity index (χ2n) is 3.71. The number of carboxylic acid groups (broad SMARTS) is 1. The Balaban J connectivity index is 2.64. The van der Waals surface area contributed by atoms with E-state index in [2.05, 4.69) is 4.98 Å². The van der Waals surface area contributed by atoms with E-state index in [9.17, 15) is 4.79 Å².